The molecule has 4 atom stereocenters. The summed E-state index contributed by atoms with van der Waals surface area (Å²) in [5.74, 6) is -2.78. The molecule has 2 N–H and O–H groups in total. The third-order valence-corrected chi connectivity index (χ3v) is 10.3. The van der Waals surface area contributed by atoms with Gasteiger partial charge >= 0.3 is 23.9 Å². The van der Waals surface area contributed by atoms with Crippen molar-refractivity contribution in [1.82, 2.24) is 0 Å². The van der Waals surface area contributed by atoms with E-state index in [1.54, 1.807) is 74.5 Å². The molecule has 0 radical (unpaired) electrons. The highest BCUT2D eigenvalue weighted by atomic mass is 31.2. The molecule has 0 aliphatic heterocycles. The highest BCUT2D eigenvalue weighted by molar-refractivity contribution is 7.67. The normalized spacial score (nSPS) is 14.5. The van der Waals surface area contributed by atoms with Crippen LogP contribution in [0.3, 0.4) is 0 Å². The Bertz CT molecular complexity index is 1440. The number of esters is 3. The van der Waals surface area contributed by atoms with Gasteiger partial charge in [0.25, 0.3) is 0 Å². The highest BCUT2D eigenvalue weighted by Gasteiger charge is 2.28. The minimum atomic E-state index is -3.58. The van der Waals surface area contributed by atoms with Crippen molar-refractivity contribution in [2.45, 2.75) is 52.7 Å². The van der Waals surface area contributed by atoms with Crippen LogP contribution in [-0.4, -0.2) is 71.6 Å². The van der Waals surface area contributed by atoms with Gasteiger partial charge in [0.15, 0.2) is 0 Å². The monoisotopic (exact) mass is 680 g/mol. The molecule has 0 aliphatic rings. The zero-order chi connectivity index (χ0) is 34.9. The van der Waals surface area contributed by atoms with E-state index in [0.717, 1.165) is 0 Å². The maximum atomic E-state index is 13.0. The fourth-order valence-corrected chi connectivity index (χ4v) is 6.82. The first-order valence-electron chi connectivity index (χ1n) is 14.2. The smallest absolute Gasteiger partial charge is 0.333 e. The van der Waals surface area contributed by atoms with Crippen LogP contribution in [0.2, 0.25) is 0 Å². The average Bonchev–Trinajstić information content (AvgIpc) is 3.02. The molecule has 0 bridgehead atoms. The number of benzene rings is 2. The molecular weight excluding hydrogens is 638 g/mol. The zero-order valence-corrected chi connectivity index (χ0v) is 28.2. The van der Waals surface area contributed by atoms with Crippen molar-refractivity contribution in [3.63, 3.8) is 0 Å². The summed E-state index contributed by atoms with van der Waals surface area (Å²) in [7, 11) is -6.92. The summed E-state index contributed by atoms with van der Waals surface area (Å²) in [6.07, 6.45) is -2.02. The van der Waals surface area contributed by atoms with Crippen LogP contribution in [0.1, 0.15) is 40.5 Å². The lowest BCUT2D eigenvalue weighted by atomic mass is 10.3. The molecule has 12 nitrogen and oxygen atoms in total. The molecule has 0 spiro atoms. The second-order valence-electron chi connectivity index (χ2n) is 10.4. The molecule has 252 valence electrons. The van der Waals surface area contributed by atoms with Crippen LogP contribution in [0, 0.1) is 0 Å². The van der Waals surface area contributed by atoms with E-state index in [-0.39, 0.29) is 49.5 Å². The second kappa shape index (κ2) is 19.6. The molecule has 0 fully saturated rings. The van der Waals surface area contributed by atoms with Crippen molar-refractivity contribution in [3.8, 4) is 0 Å². The van der Waals surface area contributed by atoms with Gasteiger partial charge in [0, 0.05) is 34.1 Å². The van der Waals surface area contributed by atoms with Crippen LogP contribution in [0.25, 0.3) is 0 Å². The largest absolute Gasteiger partial charge is 0.481 e. The first-order chi connectivity index (χ1) is 21.5. The minimum Gasteiger partial charge on any atom is -0.481 e. The number of hydrogen-bond donors (Lipinski definition) is 2. The van der Waals surface area contributed by atoms with Crippen molar-refractivity contribution >= 4 is 49.2 Å². The van der Waals surface area contributed by atoms with Gasteiger partial charge < -0.3 is 28.7 Å². The van der Waals surface area contributed by atoms with E-state index in [2.05, 4.69) is 13.2 Å². The molecule has 0 heterocycles. The maximum Gasteiger partial charge on any atom is 0.333 e. The van der Waals surface area contributed by atoms with Crippen LogP contribution in [0.15, 0.2) is 85.0 Å². The summed E-state index contributed by atoms with van der Waals surface area (Å²) in [5.41, 5.74) is 0.515. The third-order valence-electron chi connectivity index (χ3n) is 5.86. The Morgan fingerprint density at radius 2 is 1.20 bits per heavy atom. The minimum absolute atomic E-state index is 0.0924. The molecule has 0 aromatic heterocycles. The van der Waals surface area contributed by atoms with Crippen LogP contribution >= 0.6 is 14.7 Å². The molecule has 0 aliphatic carbocycles. The van der Waals surface area contributed by atoms with Crippen molar-refractivity contribution in [1.29, 1.82) is 0 Å². The Kier molecular flexibility index (Phi) is 17.2. The predicted molar refractivity (Wildman–Crippen MR) is 174 cm³/mol. The molecule has 46 heavy (non-hydrogen) atoms. The first kappa shape index (κ1) is 40.2. The lowest BCUT2D eigenvalue weighted by Crippen LogP contribution is -2.23. The molecule has 2 rings (SSSR count). The standard InChI is InChI=1S/2C16H21O6P/c1-12(2)16(18)22-13(3)11-21-15(17)9-10-23(19,20)14-7-5-4-6-8-14;1-12(2)16(19)22-13(3)11-21-23(20,10-9-15(17)18)14-7-5-4-6-8-14/h4-8,13H,1,9-11H2,2-3H3,(H,19,20);4-8,13H,1,9-11H2,2-3H3,(H,17,18). The van der Waals surface area contributed by atoms with E-state index in [1.807, 2.05) is 0 Å². The topological polar surface area (TPSA) is 180 Å². The van der Waals surface area contributed by atoms with Crippen molar-refractivity contribution in [2.75, 3.05) is 25.5 Å². The Morgan fingerprint density at radius 1 is 0.739 bits per heavy atom. The third kappa shape index (κ3) is 15.5. The van der Waals surface area contributed by atoms with E-state index in [9.17, 15) is 33.2 Å². The quantitative estimate of drug-likeness (QED) is 0.103. The van der Waals surface area contributed by atoms with Gasteiger partial charge in [0.1, 0.15) is 18.8 Å². The molecule has 14 heteroatoms. The number of carbonyl (C=O) groups is 4. The van der Waals surface area contributed by atoms with Gasteiger partial charge in [-0.1, -0.05) is 49.6 Å². The number of rotatable bonds is 17. The lowest BCUT2D eigenvalue weighted by molar-refractivity contribution is -0.155. The number of hydrogen-bond acceptors (Lipinski definition) is 10. The highest BCUT2D eigenvalue weighted by Crippen LogP contribution is 2.46. The number of ether oxygens (including phenoxy) is 3. The van der Waals surface area contributed by atoms with Gasteiger partial charge in [0.05, 0.1) is 19.4 Å². The molecule has 4 unspecified atom stereocenters. The van der Waals surface area contributed by atoms with Crippen LogP contribution in [-0.2, 0) is 47.0 Å². The molecule has 0 saturated heterocycles. The van der Waals surface area contributed by atoms with Gasteiger partial charge in [-0.3, -0.25) is 18.7 Å². The molecular formula is C32H42O12P2. The number of carbonyl (C=O) groups excluding carboxylic acids is 3. The van der Waals surface area contributed by atoms with E-state index in [1.165, 1.54) is 13.8 Å². The summed E-state index contributed by atoms with van der Waals surface area (Å²) in [6.45, 7) is 12.9. The summed E-state index contributed by atoms with van der Waals surface area (Å²) in [5, 5.41) is 9.57. The Labute approximate surface area is 269 Å². The second-order valence-corrected chi connectivity index (χ2v) is 15.3. The lowest BCUT2D eigenvalue weighted by Gasteiger charge is -2.21. The van der Waals surface area contributed by atoms with E-state index in [4.69, 9.17) is 23.8 Å². The number of carboxylic acids is 1. The fraction of sp³-hybridized carbons (Fsp3) is 0.375. The molecule has 2 aromatic carbocycles. The summed E-state index contributed by atoms with van der Waals surface area (Å²) < 4.78 is 45.6. The Hall–Kier alpha value is -3.82. The van der Waals surface area contributed by atoms with Crippen LogP contribution < -0.4 is 10.6 Å². The van der Waals surface area contributed by atoms with Crippen LogP contribution in [0.4, 0.5) is 0 Å². The van der Waals surface area contributed by atoms with E-state index in [0.29, 0.717) is 10.6 Å². The van der Waals surface area contributed by atoms with E-state index >= 15 is 0 Å². The van der Waals surface area contributed by atoms with Crippen molar-refractivity contribution in [2.24, 2.45) is 0 Å². The van der Waals surface area contributed by atoms with Crippen LogP contribution in [0.5, 0.6) is 0 Å². The predicted octanol–water partition coefficient (Wildman–Crippen LogP) is 4.61. The van der Waals surface area contributed by atoms with Gasteiger partial charge in [-0.15, -0.1) is 0 Å². The number of aliphatic carboxylic acids is 1. The van der Waals surface area contributed by atoms with Crippen molar-refractivity contribution < 1.29 is 57.0 Å². The van der Waals surface area contributed by atoms with Gasteiger partial charge in [-0.2, -0.15) is 0 Å². The van der Waals surface area contributed by atoms with Gasteiger partial charge in [-0.25, -0.2) is 9.59 Å². The molecule has 0 amide bonds. The first-order valence-corrected chi connectivity index (χ1v) is 17.9. The maximum absolute atomic E-state index is 13.0. The summed E-state index contributed by atoms with van der Waals surface area (Å²) in [4.78, 5) is 55.1. The Morgan fingerprint density at radius 3 is 1.65 bits per heavy atom. The summed E-state index contributed by atoms with van der Waals surface area (Å²) in [6, 6.07) is 16.6. The van der Waals surface area contributed by atoms with Gasteiger partial charge in [0.2, 0.25) is 14.7 Å². The fourth-order valence-electron chi connectivity index (χ4n) is 3.34. The average molecular weight is 681 g/mol. The number of carboxylic acid groups (broad SMARTS) is 1. The Balaban J connectivity index is 0.000000460. The zero-order valence-electron chi connectivity index (χ0n) is 26.5. The molecule has 2 aromatic rings. The van der Waals surface area contributed by atoms with E-state index < -0.39 is 50.8 Å². The summed E-state index contributed by atoms with van der Waals surface area (Å²) >= 11 is 0. The molecule has 0 saturated carbocycles. The van der Waals surface area contributed by atoms with Gasteiger partial charge in [-0.05, 0) is 52.0 Å². The van der Waals surface area contributed by atoms with Crippen molar-refractivity contribution in [3.05, 3.63) is 85.0 Å². The SMILES string of the molecule is C=C(C)C(=O)OC(C)COC(=O)CCP(=O)(O)c1ccccc1.C=C(C)C(=O)OC(C)COP(=O)(CCC(=O)O)c1ccccc1.